The highest BCUT2D eigenvalue weighted by molar-refractivity contribution is 5.21. The second-order valence-corrected chi connectivity index (χ2v) is 3.78. The number of rotatable bonds is 5. The van der Waals surface area contributed by atoms with E-state index < -0.39 is 0 Å². The second-order valence-electron chi connectivity index (χ2n) is 3.78. The molecule has 1 aromatic rings. The lowest BCUT2D eigenvalue weighted by Gasteiger charge is -2.11. The Labute approximate surface area is 86.2 Å². The van der Waals surface area contributed by atoms with E-state index in [4.69, 9.17) is 0 Å². The van der Waals surface area contributed by atoms with Gasteiger partial charge in [0.25, 0.3) is 0 Å². The van der Waals surface area contributed by atoms with Crippen LogP contribution in [0.4, 0.5) is 0 Å². The average molecular weight is 193 g/mol. The number of hydrogen-bond donors (Lipinski definition) is 1. The Kier molecular flexibility index (Phi) is 4.56. The first kappa shape index (κ1) is 11.1. The lowest BCUT2D eigenvalue weighted by atomic mass is 10.1. The highest BCUT2D eigenvalue weighted by atomic mass is 15.1. The summed E-state index contributed by atoms with van der Waals surface area (Å²) in [6.45, 7) is 5.12. The van der Waals surface area contributed by atoms with Gasteiger partial charge in [-0.15, -0.1) is 0 Å². The summed E-state index contributed by atoms with van der Waals surface area (Å²) in [6, 6.07) is 2.07. The summed E-state index contributed by atoms with van der Waals surface area (Å²) in [6.07, 6.45) is 3.75. The maximum Gasteiger partial charge on any atom is 0.0300 e. The molecule has 0 atom stereocenters. The fourth-order valence-electron chi connectivity index (χ4n) is 1.23. The van der Waals surface area contributed by atoms with Gasteiger partial charge < -0.3 is 10.2 Å². The number of hydrogen-bond acceptors (Lipinski definition) is 3. The van der Waals surface area contributed by atoms with Gasteiger partial charge in [0, 0.05) is 32.0 Å². The van der Waals surface area contributed by atoms with Gasteiger partial charge in [0.05, 0.1) is 0 Å². The Morgan fingerprint density at radius 1 is 1.43 bits per heavy atom. The predicted octanol–water partition coefficient (Wildman–Crippen LogP) is 1.04. The molecule has 0 saturated heterocycles. The molecule has 0 fully saturated rings. The van der Waals surface area contributed by atoms with Crippen LogP contribution in [-0.4, -0.2) is 37.1 Å². The fraction of sp³-hybridized carbons (Fsp3) is 0.545. The van der Waals surface area contributed by atoms with Crippen molar-refractivity contribution in [2.75, 3.05) is 27.2 Å². The number of nitrogens with one attached hydrogen (secondary N) is 1. The van der Waals surface area contributed by atoms with E-state index in [2.05, 4.69) is 42.3 Å². The molecule has 1 heterocycles. The van der Waals surface area contributed by atoms with Gasteiger partial charge in [-0.25, -0.2) is 0 Å². The van der Waals surface area contributed by atoms with Crippen LogP contribution in [-0.2, 0) is 6.54 Å². The number of pyridine rings is 1. The van der Waals surface area contributed by atoms with Crippen molar-refractivity contribution in [3.05, 3.63) is 29.6 Å². The molecule has 0 saturated carbocycles. The van der Waals surface area contributed by atoms with Crippen molar-refractivity contribution in [2.45, 2.75) is 13.5 Å². The van der Waals surface area contributed by atoms with E-state index in [1.54, 1.807) is 0 Å². The summed E-state index contributed by atoms with van der Waals surface area (Å²) in [5.41, 5.74) is 2.59. The van der Waals surface area contributed by atoms with E-state index in [9.17, 15) is 0 Å². The van der Waals surface area contributed by atoms with Crippen LogP contribution in [0.2, 0.25) is 0 Å². The molecular formula is C11H19N3. The normalized spacial score (nSPS) is 10.9. The summed E-state index contributed by atoms with van der Waals surface area (Å²) in [5, 5.41) is 3.40. The number of aromatic nitrogens is 1. The summed E-state index contributed by atoms with van der Waals surface area (Å²) in [5.74, 6) is 0. The number of nitrogens with zero attached hydrogens (tertiary/aromatic N) is 2. The minimum absolute atomic E-state index is 0.933. The van der Waals surface area contributed by atoms with E-state index >= 15 is 0 Å². The zero-order chi connectivity index (χ0) is 10.4. The first-order chi connectivity index (χ1) is 6.70. The van der Waals surface area contributed by atoms with Gasteiger partial charge in [0.1, 0.15) is 0 Å². The molecule has 78 valence electrons. The quantitative estimate of drug-likeness (QED) is 0.708. The molecule has 0 spiro atoms. The van der Waals surface area contributed by atoms with E-state index in [-0.39, 0.29) is 0 Å². The lowest BCUT2D eigenvalue weighted by Crippen LogP contribution is -2.26. The van der Waals surface area contributed by atoms with Gasteiger partial charge in [-0.2, -0.15) is 0 Å². The molecule has 1 N–H and O–H groups in total. The van der Waals surface area contributed by atoms with Gasteiger partial charge in [-0.05, 0) is 38.2 Å². The van der Waals surface area contributed by atoms with Crippen LogP contribution < -0.4 is 5.32 Å². The minimum atomic E-state index is 0.933. The first-order valence-electron chi connectivity index (χ1n) is 4.95. The molecule has 3 nitrogen and oxygen atoms in total. The van der Waals surface area contributed by atoms with Crippen molar-refractivity contribution in [1.29, 1.82) is 0 Å². The van der Waals surface area contributed by atoms with Gasteiger partial charge in [-0.1, -0.05) is 0 Å². The summed E-state index contributed by atoms with van der Waals surface area (Å²) in [4.78, 5) is 6.24. The molecule has 0 bridgehead atoms. The van der Waals surface area contributed by atoms with Crippen molar-refractivity contribution >= 4 is 0 Å². The zero-order valence-electron chi connectivity index (χ0n) is 9.25. The monoisotopic (exact) mass is 193 g/mol. The molecular weight excluding hydrogens is 174 g/mol. The highest BCUT2D eigenvalue weighted by Crippen LogP contribution is 2.03. The van der Waals surface area contributed by atoms with Crippen LogP contribution in [0.15, 0.2) is 18.5 Å². The molecule has 0 aliphatic carbocycles. The topological polar surface area (TPSA) is 28.2 Å². The smallest absolute Gasteiger partial charge is 0.0300 e. The summed E-state index contributed by atoms with van der Waals surface area (Å²) in [7, 11) is 4.17. The van der Waals surface area contributed by atoms with E-state index in [1.807, 2.05) is 12.4 Å². The van der Waals surface area contributed by atoms with Gasteiger partial charge in [0.2, 0.25) is 0 Å². The van der Waals surface area contributed by atoms with Gasteiger partial charge in [-0.3, -0.25) is 4.98 Å². The molecule has 3 heteroatoms. The maximum atomic E-state index is 4.07. The van der Waals surface area contributed by atoms with Crippen LogP contribution in [0.25, 0.3) is 0 Å². The Morgan fingerprint density at radius 2 is 2.21 bits per heavy atom. The minimum Gasteiger partial charge on any atom is -0.311 e. The molecule has 0 unspecified atom stereocenters. The third-order valence-electron chi connectivity index (χ3n) is 2.19. The second kappa shape index (κ2) is 5.73. The SMILES string of the molecule is Cc1cnccc1CNCCN(C)C. The molecule has 0 radical (unpaired) electrons. The Balaban J connectivity index is 2.28. The number of aryl methyl sites for hydroxylation is 1. The van der Waals surface area contributed by atoms with Crippen molar-refractivity contribution in [3.63, 3.8) is 0 Å². The summed E-state index contributed by atoms with van der Waals surface area (Å²) < 4.78 is 0. The molecule has 14 heavy (non-hydrogen) atoms. The maximum absolute atomic E-state index is 4.07. The Bertz CT molecular complexity index is 271. The Morgan fingerprint density at radius 3 is 2.86 bits per heavy atom. The van der Waals surface area contributed by atoms with Crippen molar-refractivity contribution in [2.24, 2.45) is 0 Å². The third kappa shape index (κ3) is 3.85. The first-order valence-corrected chi connectivity index (χ1v) is 4.95. The largest absolute Gasteiger partial charge is 0.311 e. The van der Waals surface area contributed by atoms with Crippen molar-refractivity contribution < 1.29 is 0 Å². The molecule has 0 aliphatic heterocycles. The third-order valence-corrected chi connectivity index (χ3v) is 2.19. The van der Waals surface area contributed by atoms with Crippen LogP contribution in [0.3, 0.4) is 0 Å². The van der Waals surface area contributed by atoms with Gasteiger partial charge in [0.15, 0.2) is 0 Å². The van der Waals surface area contributed by atoms with E-state index in [1.165, 1.54) is 11.1 Å². The molecule has 1 aromatic heterocycles. The molecule has 0 aliphatic rings. The standard InChI is InChI=1S/C11H19N3/c1-10-8-12-5-4-11(10)9-13-6-7-14(2)3/h4-5,8,13H,6-7,9H2,1-3H3. The Hall–Kier alpha value is -0.930. The van der Waals surface area contributed by atoms with Crippen LogP contribution >= 0.6 is 0 Å². The van der Waals surface area contributed by atoms with Crippen LogP contribution in [0.5, 0.6) is 0 Å². The fourth-order valence-corrected chi connectivity index (χ4v) is 1.23. The van der Waals surface area contributed by atoms with Crippen molar-refractivity contribution in [3.8, 4) is 0 Å². The predicted molar refractivity (Wildman–Crippen MR) is 59.2 cm³/mol. The summed E-state index contributed by atoms with van der Waals surface area (Å²) >= 11 is 0. The van der Waals surface area contributed by atoms with Crippen LogP contribution in [0, 0.1) is 6.92 Å². The van der Waals surface area contributed by atoms with Crippen LogP contribution in [0.1, 0.15) is 11.1 Å². The molecule has 0 aromatic carbocycles. The molecule has 0 amide bonds. The molecule has 1 rings (SSSR count). The lowest BCUT2D eigenvalue weighted by molar-refractivity contribution is 0.400. The van der Waals surface area contributed by atoms with Gasteiger partial charge >= 0.3 is 0 Å². The van der Waals surface area contributed by atoms with Crippen molar-refractivity contribution in [1.82, 2.24) is 15.2 Å². The number of likely N-dealkylation sites (N-methyl/N-ethyl adjacent to an activating group) is 1. The highest BCUT2D eigenvalue weighted by Gasteiger charge is 1.96. The average Bonchev–Trinajstić information content (AvgIpc) is 2.15. The van der Waals surface area contributed by atoms with E-state index in [0.29, 0.717) is 0 Å². The van der Waals surface area contributed by atoms with E-state index in [0.717, 1.165) is 19.6 Å². The zero-order valence-corrected chi connectivity index (χ0v) is 9.25.